The third kappa shape index (κ3) is 4.79. The highest BCUT2D eigenvalue weighted by Crippen LogP contribution is 2.45. The van der Waals surface area contributed by atoms with E-state index in [0.29, 0.717) is 5.75 Å². The van der Waals surface area contributed by atoms with Crippen LogP contribution in [0.4, 0.5) is 0 Å². The van der Waals surface area contributed by atoms with Crippen LogP contribution in [0.3, 0.4) is 0 Å². The summed E-state index contributed by atoms with van der Waals surface area (Å²) in [4.78, 5) is 0. The van der Waals surface area contributed by atoms with Crippen LogP contribution in [0.1, 0.15) is 52.7 Å². The van der Waals surface area contributed by atoms with E-state index in [1.807, 2.05) is 36.4 Å². The Bertz CT molecular complexity index is 1040. The van der Waals surface area contributed by atoms with E-state index in [9.17, 15) is 5.11 Å². The van der Waals surface area contributed by atoms with Crippen molar-refractivity contribution in [2.24, 2.45) is 0 Å². The fourth-order valence-electron chi connectivity index (χ4n) is 3.81. The van der Waals surface area contributed by atoms with Crippen molar-refractivity contribution in [1.82, 2.24) is 0 Å². The van der Waals surface area contributed by atoms with Crippen LogP contribution in [0.2, 0.25) is 0 Å². The summed E-state index contributed by atoms with van der Waals surface area (Å²) in [5, 5.41) is 14.7. The van der Waals surface area contributed by atoms with E-state index in [4.69, 9.17) is 9.47 Å². The Kier molecular flexibility index (Phi) is 6.91. The second kappa shape index (κ2) is 9.16. The maximum absolute atomic E-state index is 11.7. The molecule has 3 nitrogen and oxygen atoms in total. The number of para-hydroxylation sites is 2. The van der Waals surface area contributed by atoms with Gasteiger partial charge >= 0.3 is 0 Å². The normalized spacial score (nSPS) is 12.2. The molecular formula is C28H35O3P. The predicted octanol–water partition coefficient (Wildman–Crippen LogP) is 5.76. The van der Waals surface area contributed by atoms with Crippen LogP contribution in [0.25, 0.3) is 0 Å². The van der Waals surface area contributed by atoms with Gasteiger partial charge in [0, 0.05) is 21.5 Å². The van der Waals surface area contributed by atoms with Crippen LogP contribution in [-0.2, 0) is 10.8 Å². The zero-order valence-electron chi connectivity index (χ0n) is 20.5. The molecular weight excluding hydrogens is 415 g/mol. The number of methoxy groups -OCH3 is 2. The number of phenols is 1. The van der Waals surface area contributed by atoms with E-state index >= 15 is 0 Å². The summed E-state index contributed by atoms with van der Waals surface area (Å²) in [6, 6.07) is 20.5. The van der Waals surface area contributed by atoms with E-state index in [-0.39, 0.29) is 10.8 Å². The average Bonchev–Trinajstić information content (AvgIpc) is 2.74. The highest BCUT2D eigenvalue weighted by Gasteiger charge is 2.31. The fourth-order valence-corrected chi connectivity index (χ4v) is 6.43. The van der Waals surface area contributed by atoms with Gasteiger partial charge in [-0.25, -0.2) is 0 Å². The first-order chi connectivity index (χ1) is 15.0. The molecule has 0 unspecified atom stereocenters. The largest absolute Gasteiger partial charge is 0.507 e. The number of rotatable bonds is 5. The molecule has 0 aliphatic carbocycles. The monoisotopic (exact) mass is 450 g/mol. The van der Waals surface area contributed by atoms with Gasteiger partial charge in [-0.05, 0) is 42.5 Å². The molecule has 0 aliphatic rings. The first kappa shape index (κ1) is 24.1. The van der Waals surface area contributed by atoms with Crippen molar-refractivity contribution in [3.05, 3.63) is 71.8 Å². The zero-order valence-corrected chi connectivity index (χ0v) is 21.4. The molecule has 0 heterocycles. The molecule has 1 N–H and O–H groups in total. The molecule has 0 saturated carbocycles. The maximum atomic E-state index is 11.7. The minimum atomic E-state index is -1.15. The van der Waals surface area contributed by atoms with Gasteiger partial charge in [0.05, 0.1) is 14.2 Å². The molecule has 0 bridgehead atoms. The van der Waals surface area contributed by atoms with Crippen LogP contribution in [0.15, 0.2) is 60.7 Å². The molecule has 0 aliphatic heterocycles. The molecule has 0 radical (unpaired) electrons. The molecule has 0 amide bonds. The zero-order chi connectivity index (χ0) is 23.7. The highest BCUT2D eigenvalue weighted by atomic mass is 31.1. The maximum Gasteiger partial charge on any atom is 0.127 e. The van der Waals surface area contributed by atoms with Crippen LogP contribution in [-0.4, -0.2) is 19.3 Å². The van der Waals surface area contributed by atoms with Crippen LogP contribution < -0.4 is 25.4 Å². The number of phenolic OH excluding ortho intramolecular Hbond substituents is 1. The summed E-state index contributed by atoms with van der Waals surface area (Å²) < 4.78 is 11.5. The lowest BCUT2D eigenvalue weighted by Gasteiger charge is -2.31. The second-order valence-electron chi connectivity index (χ2n) is 10.1. The van der Waals surface area contributed by atoms with Crippen molar-refractivity contribution >= 4 is 23.8 Å². The Balaban J connectivity index is 2.45. The molecule has 32 heavy (non-hydrogen) atoms. The second-order valence-corrected chi connectivity index (χ2v) is 12.2. The van der Waals surface area contributed by atoms with Gasteiger partial charge in [0.2, 0.25) is 0 Å². The summed E-state index contributed by atoms with van der Waals surface area (Å²) in [5.74, 6) is 1.97. The van der Waals surface area contributed by atoms with Gasteiger partial charge < -0.3 is 14.6 Å². The molecule has 3 rings (SSSR count). The Hall–Kier alpha value is -2.51. The SMILES string of the molecule is COc1ccccc1P(c1ccccc1OC)c1cc(C(C)(C)C)cc(C(C)(C)C)c1O. The Morgan fingerprint density at radius 2 is 1.12 bits per heavy atom. The summed E-state index contributed by atoms with van der Waals surface area (Å²) in [5.41, 5.74) is 1.89. The van der Waals surface area contributed by atoms with Crippen molar-refractivity contribution in [3.63, 3.8) is 0 Å². The van der Waals surface area contributed by atoms with Gasteiger partial charge in [0.15, 0.2) is 0 Å². The van der Waals surface area contributed by atoms with Gasteiger partial charge in [0.25, 0.3) is 0 Å². The number of hydrogen-bond donors (Lipinski definition) is 1. The third-order valence-electron chi connectivity index (χ3n) is 5.66. The smallest absolute Gasteiger partial charge is 0.127 e. The first-order valence-corrected chi connectivity index (χ1v) is 12.3. The molecule has 0 fully saturated rings. The van der Waals surface area contributed by atoms with Crippen molar-refractivity contribution in [2.75, 3.05) is 14.2 Å². The van der Waals surface area contributed by atoms with Crippen LogP contribution in [0.5, 0.6) is 17.2 Å². The van der Waals surface area contributed by atoms with Crippen molar-refractivity contribution < 1.29 is 14.6 Å². The lowest BCUT2D eigenvalue weighted by molar-refractivity contribution is 0.417. The van der Waals surface area contributed by atoms with Crippen molar-refractivity contribution in [3.8, 4) is 17.2 Å². The summed E-state index contributed by atoms with van der Waals surface area (Å²) in [7, 11) is 2.24. The molecule has 4 heteroatoms. The fraction of sp³-hybridized carbons (Fsp3) is 0.357. The molecule has 3 aromatic rings. The van der Waals surface area contributed by atoms with Gasteiger partial charge in [-0.1, -0.05) is 84.0 Å². The van der Waals surface area contributed by atoms with Gasteiger partial charge in [0.1, 0.15) is 17.2 Å². The van der Waals surface area contributed by atoms with Crippen molar-refractivity contribution in [2.45, 2.75) is 52.4 Å². The van der Waals surface area contributed by atoms with Crippen LogP contribution >= 0.6 is 7.92 Å². The van der Waals surface area contributed by atoms with E-state index < -0.39 is 7.92 Å². The molecule has 170 valence electrons. The standard InChI is InChI=1S/C28H35O3P/c1-27(2,3)19-17-20(28(4,5)6)26(29)25(18-19)32(23-15-11-9-13-21(23)30-7)24-16-12-10-14-22(24)31-8/h9-18,29H,1-8H3. The number of ether oxygens (including phenoxy) is 2. The van der Waals surface area contributed by atoms with Crippen LogP contribution in [0, 0.1) is 0 Å². The third-order valence-corrected chi connectivity index (χ3v) is 8.18. The summed E-state index contributed by atoms with van der Waals surface area (Å²) >= 11 is 0. The highest BCUT2D eigenvalue weighted by molar-refractivity contribution is 7.80. The topological polar surface area (TPSA) is 38.7 Å². The minimum Gasteiger partial charge on any atom is -0.507 e. The van der Waals surface area contributed by atoms with E-state index in [2.05, 4.69) is 65.8 Å². The van der Waals surface area contributed by atoms with E-state index in [0.717, 1.165) is 33.0 Å². The molecule has 0 aromatic heterocycles. The summed E-state index contributed by atoms with van der Waals surface area (Å²) in [6.45, 7) is 13.1. The average molecular weight is 451 g/mol. The lowest BCUT2D eigenvalue weighted by Crippen LogP contribution is -2.27. The molecule has 0 atom stereocenters. The number of hydrogen-bond acceptors (Lipinski definition) is 3. The predicted molar refractivity (Wildman–Crippen MR) is 137 cm³/mol. The molecule has 0 spiro atoms. The molecule has 3 aromatic carbocycles. The molecule has 0 saturated heterocycles. The Labute approximate surface area is 194 Å². The quantitative estimate of drug-likeness (QED) is 0.502. The van der Waals surface area contributed by atoms with Gasteiger partial charge in [-0.3, -0.25) is 0 Å². The minimum absolute atomic E-state index is 0.0645. The van der Waals surface area contributed by atoms with E-state index in [1.165, 1.54) is 5.56 Å². The summed E-state index contributed by atoms with van der Waals surface area (Å²) in [6.07, 6.45) is 0. The van der Waals surface area contributed by atoms with Gasteiger partial charge in [-0.2, -0.15) is 0 Å². The van der Waals surface area contributed by atoms with E-state index in [1.54, 1.807) is 14.2 Å². The van der Waals surface area contributed by atoms with Crippen molar-refractivity contribution in [1.29, 1.82) is 0 Å². The Morgan fingerprint density at radius 1 is 0.656 bits per heavy atom. The Morgan fingerprint density at radius 3 is 1.53 bits per heavy atom. The lowest BCUT2D eigenvalue weighted by atomic mass is 9.80. The number of aromatic hydroxyl groups is 1. The van der Waals surface area contributed by atoms with Gasteiger partial charge in [-0.15, -0.1) is 0 Å². The number of benzene rings is 3. The first-order valence-electron chi connectivity index (χ1n) is 10.9.